The smallest absolute Gasteiger partial charge is 0.251 e. The van der Waals surface area contributed by atoms with Gasteiger partial charge in [-0.25, -0.2) is 0 Å². The molecule has 0 aliphatic carbocycles. The molecular formula is C24H33N3O2. The normalized spacial score (nSPS) is 11.8. The first-order valence-corrected chi connectivity index (χ1v) is 10.2. The summed E-state index contributed by atoms with van der Waals surface area (Å²) in [6.45, 7) is 13.0. The molecule has 29 heavy (non-hydrogen) atoms. The van der Waals surface area contributed by atoms with Crippen molar-refractivity contribution in [2.45, 2.75) is 47.6 Å². The molecule has 0 bridgehead atoms. The lowest BCUT2D eigenvalue weighted by molar-refractivity contribution is -0.120. The zero-order valence-electron chi connectivity index (χ0n) is 18.3. The Kier molecular flexibility index (Phi) is 7.82. The summed E-state index contributed by atoms with van der Waals surface area (Å²) in [7, 11) is 0. The van der Waals surface area contributed by atoms with E-state index in [0.717, 1.165) is 16.8 Å². The van der Waals surface area contributed by atoms with Crippen LogP contribution in [0.4, 0.5) is 5.69 Å². The Morgan fingerprint density at radius 1 is 0.897 bits per heavy atom. The largest absolute Gasteiger partial charge is 0.376 e. The van der Waals surface area contributed by atoms with Crippen LogP contribution in [0.3, 0.4) is 0 Å². The van der Waals surface area contributed by atoms with Crippen LogP contribution in [-0.2, 0) is 4.79 Å². The van der Waals surface area contributed by atoms with E-state index in [4.69, 9.17) is 0 Å². The maximum Gasteiger partial charge on any atom is 0.251 e. The first kappa shape index (κ1) is 22.5. The molecule has 0 spiro atoms. The van der Waals surface area contributed by atoms with E-state index in [9.17, 15) is 9.59 Å². The quantitative estimate of drug-likeness (QED) is 0.625. The monoisotopic (exact) mass is 395 g/mol. The van der Waals surface area contributed by atoms with E-state index in [-0.39, 0.29) is 24.4 Å². The first-order valence-electron chi connectivity index (χ1n) is 10.2. The number of hydrogen-bond donors (Lipinski definition) is 3. The van der Waals surface area contributed by atoms with Gasteiger partial charge in [0.1, 0.15) is 0 Å². The van der Waals surface area contributed by atoms with Crippen molar-refractivity contribution >= 4 is 17.5 Å². The molecular weight excluding hydrogens is 362 g/mol. The Morgan fingerprint density at radius 3 is 2.24 bits per heavy atom. The van der Waals surface area contributed by atoms with Crippen molar-refractivity contribution in [3.05, 3.63) is 64.2 Å². The van der Waals surface area contributed by atoms with Crippen molar-refractivity contribution < 1.29 is 9.59 Å². The van der Waals surface area contributed by atoms with Gasteiger partial charge in [0.15, 0.2) is 0 Å². The van der Waals surface area contributed by atoms with Crippen LogP contribution in [-0.4, -0.2) is 24.9 Å². The SMILES string of the molecule is Cc1ccc(C(C)NC(=O)CNc2ccc(C(=O)NCC(C)C)cc2C)cc1C. The topological polar surface area (TPSA) is 70.2 Å². The average molecular weight is 396 g/mol. The van der Waals surface area contributed by atoms with Gasteiger partial charge < -0.3 is 16.0 Å². The highest BCUT2D eigenvalue weighted by Crippen LogP contribution is 2.18. The van der Waals surface area contributed by atoms with E-state index in [1.54, 1.807) is 6.07 Å². The summed E-state index contributed by atoms with van der Waals surface area (Å²) in [5.41, 5.74) is 5.95. The van der Waals surface area contributed by atoms with Gasteiger partial charge in [-0.3, -0.25) is 9.59 Å². The van der Waals surface area contributed by atoms with Crippen LogP contribution in [0.25, 0.3) is 0 Å². The second-order valence-electron chi connectivity index (χ2n) is 8.12. The third-order valence-electron chi connectivity index (χ3n) is 5.01. The van der Waals surface area contributed by atoms with Gasteiger partial charge in [-0.2, -0.15) is 0 Å². The lowest BCUT2D eigenvalue weighted by Crippen LogP contribution is -2.32. The fourth-order valence-electron chi connectivity index (χ4n) is 2.99. The van der Waals surface area contributed by atoms with E-state index in [1.165, 1.54) is 11.1 Å². The zero-order chi connectivity index (χ0) is 21.6. The number of anilines is 1. The lowest BCUT2D eigenvalue weighted by Gasteiger charge is -2.17. The second-order valence-corrected chi connectivity index (χ2v) is 8.12. The summed E-state index contributed by atoms with van der Waals surface area (Å²) >= 11 is 0. The molecule has 0 saturated carbocycles. The van der Waals surface area contributed by atoms with Crippen LogP contribution in [0.15, 0.2) is 36.4 Å². The van der Waals surface area contributed by atoms with Gasteiger partial charge >= 0.3 is 0 Å². The first-order chi connectivity index (χ1) is 13.7. The Labute approximate surface area is 174 Å². The highest BCUT2D eigenvalue weighted by Gasteiger charge is 2.12. The fraction of sp³-hybridized carbons (Fsp3) is 0.417. The van der Waals surface area contributed by atoms with Gasteiger partial charge in [0.25, 0.3) is 5.91 Å². The molecule has 5 heteroatoms. The Hall–Kier alpha value is -2.82. The molecule has 1 atom stereocenters. The molecule has 0 fully saturated rings. The van der Waals surface area contributed by atoms with Crippen LogP contribution in [0.1, 0.15) is 59.4 Å². The summed E-state index contributed by atoms with van der Waals surface area (Å²) in [6, 6.07) is 11.6. The van der Waals surface area contributed by atoms with Gasteiger partial charge in [-0.15, -0.1) is 0 Å². The highest BCUT2D eigenvalue weighted by molar-refractivity contribution is 5.95. The van der Waals surface area contributed by atoms with E-state index in [0.29, 0.717) is 18.0 Å². The number of rotatable bonds is 8. The van der Waals surface area contributed by atoms with Crippen LogP contribution < -0.4 is 16.0 Å². The van der Waals surface area contributed by atoms with Gasteiger partial charge in [0.2, 0.25) is 5.91 Å². The third kappa shape index (κ3) is 6.63. The van der Waals surface area contributed by atoms with Crippen molar-refractivity contribution in [2.75, 3.05) is 18.4 Å². The van der Waals surface area contributed by atoms with Gasteiger partial charge in [0, 0.05) is 17.8 Å². The van der Waals surface area contributed by atoms with E-state index in [2.05, 4.69) is 55.8 Å². The molecule has 0 saturated heterocycles. The predicted octanol–water partition coefficient (Wildman–Crippen LogP) is 4.29. The summed E-state index contributed by atoms with van der Waals surface area (Å²) in [6.07, 6.45) is 0. The van der Waals surface area contributed by atoms with E-state index in [1.807, 2.05) is 32.0 Å². The second kappa shape index (κ2) is 10.1. The highest BCUT2D eigenvalue weighted by atomic mass is 16.2. The summed E-state index contributed by atoms with van der Waals surface area (Å²) in [5.74, 6) is 0.257. The summed E-state index contributed by atoms with van der Waals surface area (Å²) < 4.78 is 0. The number of aryl methyl sites for hydroxylation is 3. The molecule has 2 rings (SSSR count). The van der Waals surface area contributed by atoms with Crippen molar-refractivity contribution in [3.63, 3.8) is 0 Å². The molecule has 1 unspecified atom stereocenters. The molecule has 0 radical (unpaired) electrons. The number of carbonyl (C=O) groups is 2. The molecule has 0 aliphatic rings. The molecule has 2 aromatic carbocycles. The fourth-order valence-corrected chi connectivity index (χ4v) is 2.99. The molecule has 5 nitrogen and oxygen atoms in total. The van der Waals surface area contributed by atoms with Gasteiger partial charge in [-0.1, -0.05) is 32.0 Å². The molecule has 0 heterocycles. The van der Waals surface area contributed by atoms with Crippen molar-refractivity contribution in [1.82, 2.24) is 10.6 Å². The summed E-state index contributed by atoms with van der Waals surface area (Å²) in [4.78, 5) is 24.5. The minimum Gasteiger partial charge on any atom is -0.376 e. The van der Waals surface area contributed by atoms with Crippen LogP contribution in [0, 0.1) is 26.7 Å². The maximum atomic E-state index is 12.3. The standard InChI is InChI=1S/C24H33N3O2/c1-15(2)13-26-24(29)21-9-10-22(18(5)12-21)25-14-23(28)27-19(6)20-8-7-16(3)17(4)11-20/h7-12,15,19,25H,13-14H2,1-6H3,(H,26,29)(H,27,28). The van der Waals surface area contributed by atoms with Crippen LogP contribution >= 0.6 is 0 Å². The third-order valence-corrected chi connectivity index (χ3v) is 5.01. The van der Waals surface area contributed by atoms with Gasteiger partial charge in [0.05, 0.1) is 12.6 Å². The Morgan fingerprint density at radius 2 is 1.62 bits per heavy atom. The molecule has 0 aliphatic heterocycles. The predicted molar refractivity (Wildman–Crippen MR) is 119 cm³/mol. The van der Waals surface area contributed by atoms with Crippen molar-refractivity contribution in [3.8, 4) is 0 Å². The zero-order valence-corrected chi connectivity index (χ0v) is 18.3. The van der Waals surface area contributed by atoms with Crippen molar-refractivity contribution in [1.29, 1.82) is 0 Å². The van der Waals surface area contributed by atoms with Crippen LogP contribution in [0.5, 0.6) is 0 Å². The van der Waals surface area contributed by atoms with E-state index >= 15 is 0 Å². The molecule has 3 N–H and O–H groups in total. The average Bonchev–Trinajstić information content (AvgIpc) is 2.67. The molecule has 0 aromatic heterocycles. The Balaban J connectivity index is 1.90. The lowest BCUT2D eigenvalue weighted by atomic mass is 10.0. The number of nitrogens with one attached hydrogen (secondary N) is 3. The number of carbonyl (C=O) groups excluding carboxylic acids is 2. The number of benzene rings is 2. The molecule has 2 aromatic rings. The van der Waals surface area contributed by atoms with Crippen molar-refractivity contribution in [2.24, 2.45) is 5.92 Å². The van der Waals surface area contributed by atoms with Gasteiger partial charge in [-0.05, 0) is 74.1 Å². The Bertz CT molecular complexity index is 874. The summed E-state index contributed by atoms with van der Waals surface area (Å²) in [5, 5.41) is 9.10. The minimum atomic E-state index is -0.0756. The number of amides is 2. The minimum absolute atomic E-state index is 0.0586. The van der Waals surface area contributed by atoms with E-state index < -0.39 is 0 Å². The molecule has 2 amide bonds. The van der Waals surface area contributed by atoms with Crippen LogP contribution in [0.2, 0.25) is 0 Å². The molecule has 156 valence electrons. The number of hydrogen-bond acceptors (Lipinski definition) is 3. The maximum absolute atomic E-state index is 12.3.